The van der Waals surface area contributed by atoms with E-state index in [1.54, 1.807) is 0 Å². The number of nitrogens with zero attached hydrogens (tertiary/aromatic N) is 1. The molecule has 0 amide bonds. The molecular formula is C21H23N. The third kappa shape index (κ3) is 1.75. The van der Waals surface area contributed by atoms with Gasteiger partial charge in [0.05, 0.1) is 0 Å². The Morgan fingerprint density at radius 3 is 2.09 bits per heavy atom. The average molecular weight is 289 g/mol. The molecule has 2 bridgehead atoms. The molecular weight excluding hydrogens is 266 g/mol. The zero-order valence-corrected chi connectivity index (χ0v) is 13.6. The molecule has 1 nitrogen and oxygen atoms in total. The van der Waals surface area contributed by atoms with Crippen LogP contribution >= 0.6 is 0 Å². The number of likely N-dealkylation sites (N-methyl/N-ethyl adjacent to an activating group) is 1. The Labute approximate surface area is 133 Å². The van der Waals surface area contributed by atoms with E-state index < -0.39 is 0 Å². The standard InChI is InChI=1S/C21H23N/c1-15(22(2)3)12-13-21-14-18(16-8-4-6-10-19(16)21)17-9-5-7-11-20(17)21/h4-13,15,18H,14H2,1-3H3. The van der Waals surface area contributed by atoms with Crippen LogP contribution in [0.2, 0.25) is 0 Å². The van der Waals surface area contributed by atoms with Crippen molar-refractivity contribution in [1.82, 2.24) is 4.90 Å². The van der Waals surface area contributed by atoms with Gasteiger partial charge in [-0.05, 0) is 49.7 Å². The Kier molecular flexibility index (Phi) is 3.02. The summed E-state index contributed by atoms with van der Waals surface area (Å²) in [6.45, 7) is 2.26. The van der Waals surface area contributed by atoms with Crippen molar-refractivity contribution >= 4 is 0 Å². The lowest BCUT2D eigenvalue weighted by atomic mass is 9.75. The monoisotopic (exact) mass is 289 g/mol. The maximum atomic E-state index is 2.47. The Morgan fingerprint density at radius 2 is 1.55 bits per heavy atom. The van der Waals surface area contributed by atoms with Gasteiger partial charge in [-0.1, -0.05) is 60.7 Å². The van der Waals surface area contributed by atoms with Gasteiger partial charge in [0.1, 0.15) is 0 Å². The predicted octanol–water partition coefficient (Wildman–Crippen LogP) is 4.33. The summed E-state index contributed by atoms with van der Waals surface area (Å²) in [6.07, 6.45) is 6.05. The van der Waals surface area contributed by atoms with Gasteiger partial charge in [0.2, 0.25) is 0 Å². The van der Waals surface area contributed by atoms with Crippen molar-refractivity contribution in [2.75, 3.05) is 14.1 Å². The molecule has 2 aliphatic carbocycles. The molecule has 112 valence electrons. The van der Waals surface area contributed by atoms with E-state index in [-0.39, 0.29) is 5.41 Å². The van der Waals surface area contributed by atoms with Crippen LogP contribution in [0, 0.1) is 0 Å². The van der Waals surface area contributed by atoms with E-state index in [4.69, 9.17) is 0 Å². The number of fused-ring (bicyclic) bond motifs is 8. The highest BCUT2D eigenvalue weighted by Gasteiger charge is 2.50. The molecule has 2 aliphatic rings. The maximum Gasteiger partial charge on any atom is 0.0397 e. The summed E-state index contributed by atoms with van der Waals surface area (Å²) in [5, 5.41) is 0. The largest absolute Gasteiger partial charge is 0.303 e. The van der Waals surface area contributed by atoms with E-state index in [1.165, 1.54) is 28.7 Å². The van der Waals surface area contributed by atoms with Gasteiger partial charge in [-0.3, -0.25) is 0 Å². The number of hydrogen-bond donors (Lipinski definition) is 0. The Morgan fingerprint density at radius 1 is 1.00 bits per heavy atom. The van der Waals surface area contributed by atoms with Gasteiger partial charge in [-0.2, -0.15) is 0 Å². The Bertz CT molecular complexity index is 694. The van der Waals surface area contributed by atoms with Crippen molar-refractivity contribution in [2.24, 2.45) is 0 Å². The van der Waals surface area contributed by atoms with Crippen LogP contribution in [0.4, 0.5) is 0 Å². The molecule has 0 saturated heterocycles. The van der Waals surface area contributed by atoms with Gasteiger partial charge in [0, 0.05) is 17.4 Å². The molecule has 0 aliphatic heterocycles. The van der Waals surface area contributed by atoms with Gasteiger partial charge in [-0.15, -0.1) is 0 Å². The molecule has 0 saturated carbocycles. The zero-order valence-electron chi connectivity index (χ0n) is 13.6. The lowest BCUT2D eigenvalue weighted by molar-refractivity contribution is 0.362. The van der Waals surface area contributed by atoms with Crippen LogP contribution in [0.15, 0.2) is 60.7 Å². The number of rotatable bonds is 3. The molecule has 2 aromatic rings. The minimum Gasteiger partial charge on any atom is -0.303 e. The van der Waals surface area contributed by atoms with Crippen molar-refractivity contribution in [3.8, 4) is 0 Å². The summed E-state index contributed by atoms with van der Waals surface area (Å²) in [5.74, 6) is 0.576. The van der Waals surface area contributed by atoms with Crippen LogP contribution in [0.25, 0.3) is 0 Å². The van der Waals surface area contributed by atoms with Gasteiger partial charge >= 0.3 is 0 Å². The summed E-state index contributed by atoms with van der Waals surface area (Å²) in [5.41, 5.74) is 6.18. The first kappa shape index (κ1) is 13.8. The molecule has 0 aromatic heterocycles. The summed E-state index contributed by atoms with van der Waals surface area (Å²) in [7, 11) is 4.28. The summed E-state index contributed by atoms with van der Waals surface area (Å²) < 4.78 is 0. The van der Waals surface area contributed by atoms with Gasteiger partial charge in [0.15, 0.2) is 0 Å². The third-order valence-electron chi connectivity index (χ3n) is 5.63. The summed E-state index contributed by atoms with van der Waals surface area (Å²) in [4.78, 5) is 2.26. The van der Waals surface area contributed by atoms with E-state index in [2.05, 4.69) is 86.6 Å². The second kappa shape index (κ2) is 4.82. The fourth-order valence-corrected chi connectivity index (χ4v) is 4.21. The first-order valence-electron chi connectivity index (χ1n) is 8.18. The van der Waals surface area contributed by atoms with Crippen LogP contribution in [0.3, 0.4) is 0 Å². The molecule has 0 heterocycles. The van der Waals surface area contributed by atoms with Crippen LogP contribution in [0.5, 0.6) is 0 Å². The summed E-state index contributed by atoms with van der Waals surface area (Å²) in [6, 6.07) is 18.5. The van der Waals surface area contributed by atoms with E-state index in [0.717, 1.165) is 0 Å². The average Bonchev–Trinajstić information content (AvgIpc) is 3.05. The molecule has 0 N–H and O–H groups in total. The van der Waals surface area contributed by atoms with E-state index in [9.17, 15) is 0 Å². The highest BCUT2D eigenvalue weighted by Crippen LogP contribution is 2.60. The topological polar surface area (TPSA) is 3.24 Å². The lowest BCUT2D eigenvalue weighted by Crippen LogP contribution is -2.25. The van der Waals surface area contributed by atoms with Crippen molar-refractivity contribution in [3.05, 3.63) is 82.9 Å². The van der Waals surface area contributed by atoms with E-state index in [0.29, 0.717) is 12.0 Å². The minimum absolute atomic E-state index is 0.0854. The van der Waals surface area contributed by atoms with Crippen molar-refractivity contribution in [1.29, 1.82) is 0 Å². The zero-order chi connectivity index (χ0) is 15.3. The smallest absolute Gasteiger partial charge is 0.0397 e. The van der Waals surface area contributed by atoms with E-state index in [1.807, 2.05) is 0 Å². The van der Waals surface area contributed by atoms with Gasteiger partial charge < -0.3 is 4.90 Å². The minimum atomic E-state index is 0.0854. The molecule has 22 heavy (non-hydrogen) atoms. The number of allylic oxidation sites excluding steroid dienone is 1. The summed E-state index contributed by atoms with van der Waals surface area (Å²) >= 11 is 0. The van der Waals surface area contributed by atoms with Gasteiger partial charge in [0.25, 0.3) is 0 Å². The fourth-order valence-electron chi connectivity index (χ4n) is 4.21. The maximum absolute atomic E-state index is 2.47. The first-order chi connectivity index (χ1) is 10.6. The normalized spacial score (nSPS) is 26.5. The number of benzene rings is 2. The second-order valence-electron chi connectivity index (χ2n) is 6.97. The molecule has 2 aromatic carbocycles. The van der Waals surface area contributed by atoms with Crippen molar-refractivity contribution < 1.29 is 0 Å². The molecule has 1 atom stereocenters. The second-order valence-corrected chi connectivity index (χ2v) is 6.97. The van der Waals surface area contributed by atoms with Crippen LogP contribution in [-0.4, -0.2) is 25.0 Å². The fraction of sp³-hybridized carbons (Fsp3) is 0.333. The molecule has 1 unspecified atom stereocenters. The molecule has 4 rings (SSSR count). The SMILES string of the molecule is CC(C=CC12CC(c3ccccc31)c1ccccc12)N(C)C. The van der Waals surface area contributed by atoms with Crippen LogP contribution in [-0.2, 0) is 5.41 Å². The molecule has 0 fully saturated rings. The van der Waals surface area contributed by atoms with E-state index >= 15 is 0 Å². The highest BCUT2D eigenvalue weighted by atomic mass is 15.1. The Hall–Kier alpha value is -1.86. The first-order valence-corrected chi connectivity index (χ1v) is 8.18. The molecule has 0 spiro atoms. The highest BCUT2D eigenvalue weighted by molar-refractivity contribution is 5.65. The van der Waals surface area contributed by atoms with Crippen molar-refractivity contribution in [3.63, 3.8) is 0 Å². The lowest BCUT2D eigenvalue weighted by Gasteiger charge is -2.29. The Balaban J connectivity index is 1.88. The predicted molar refractivity (Wildman–Crippen MR) is 92.4 cm³/mol. The van der Waals surface area contributed by atoms with Crippen molar-refractivity contribution in [2.45, 2.75) is 30.7 Å². The van der Waals surface area contributed by atoms with Gasteiger partial charge in [-0.25, -0.2) is 0 Å². The molecule has 0 radical (unpaired) electrons. The third-order valence-corrected chi connectivity index (χ3v) is 5.63. The van der Waals surface area contributed by atoms with Crippen LogP contribution < -0.4 is 0 Å². The molecule has 1 heteroatoms. The number of hydrogen-bond acceptors (Lipinski definition) is 1. The van der Waals surface area contributed by atoms with Crippen LogP contribution in [0.1, 0.15) is 41.5 Å². The quantitative estimate of drug-likeness (QED) is 0.760.